The highest BCUT2D eigenvalue weighted by atomic mass is 16.5. The summed E-state index contributed by atoms with van der Waals surface area (Å²) in [6.07, 6.45) is 7.68. The van der Waals surface area contributed by atoms with E-state index in [-0.39, 0.29) is 24.2 Å². The summed E-state index contributed by atoms with van der Waals surface area (Å²) in [6, 6.07) is 4.45. The van der Waals surface area contributed by atoms with Crippen molar-refractivity contribution in [3.05, 3.63) is 17.8 Å². The summed E-state index contributed by atoms with van der Waals surface area (Å²) < 4.78 is 11.7. The van der Waals surface area contributed by atoms with Gasteiger partial charge in [-0.1, -0.05) is 13.8 Å². The van der Waals surface area contributed by atoms with Gasteiger partial charge in [-0.25, -0.2) is 0 Å². The highest BCUT2D eigenvalue weighted by molar-refractivity contribution is 5.77. The highest BCUT2D eigenvalue weighted by Crippen LogP contribution is 2.37. The number of aromatic amines is 1. The van der Waals surface area contributed by atoms with Gasteiger partial charge in [0.05, 0.1) is 13.2 Å². The maximum absolute atomic E-state index is 13.2. The summed E-state index contributed by atoms with van der Waals surface area (Å²) >= 11 is 0. The van der Waals surface area contributed by atoms with Gasteiger partial charge < -0.3 is 24.6 Å². The second-order valence-corrected chi connectivity index (χ2v) is 10.9. The van der Waals surface area contributed by atoms with Gasteiger partial charge in [-0.05, 0) is 51.4 Å². The number of H-pyrrole nitrogens is 1. The number of nitrogens with zero attached hydrogens (tertiary/aromatic N) is 5. The van der Waals surface area contributed by atoms with Crippen molar-refractivity contribution in [3.63, 3.8) is 0 Å². The molecule has 2 aromatic heterocycles. The minimum atomic E-state index is -0.0109. The topological polar surface area (TPSA) is 108 Å². The number of aryl methyl sites for hydroxylation is 1. The van der Waals surface area contributed by atoms with Crippen molar-refractivity contribution < 1.29 is 14.3 Å². The SMILES string of the molecule is CC[C@@H]1C[C@@H](N(C)c2nc(Nc3cc(C)[nH]n3)cc(O[C@H]3CCOC3)n2)C[C@H](CC)N1C(=O)CC1CC1. The van der Waals surface area contributed by atoms with E-state index >= 15 is 0 Å². The van der Waals surface area contributed by atoms with Gasteiger partial charge in [0.25, 0.3) is 0 Å². The Morgan fingerprint density at radius 2 is 1.92 bits per heavy atom. The third-order valence-electron chi connectivity index (χ3n) is 7.96. The smallest absolute Gasteiger partial charge is 0.230 e. The van der Waals surface area contributed by atoms with Crippen LogP contribution in [0, 0.1) is 12.8 Å². The molecule has 0 bridgehead atoms. The molecule has 2 aliphatic heterocycles. The quantitative estimate of drug-likeness (QED) is 0.489. The Bertz CT molecular complexity index is 1050. The Morgan fingerprint density at radius 1 is 1.16 bits per heavy atom. The first kappa shape index (κ1) is 25.8. The minimum absolute atomic E-state index is 0.0109. The van der Waals surface area contributed by atoms with Crippen LogP contribution in [0.4, 0.5) is 17.6 Å². The molecule has 10 nitrogen and oxygen atoms in total. The number of hydrogen-bond acceptors (Lipinski definition) is 8. The number of nitrogens with one attached hydrogen (secondary N) is 2. The van der Waals surface area contributed by atoms with Crippen LogP contribution in [0.15, 0.2) is 12.1 Å². The summed E-state index contributed by atoms with van der Waals surface area (Å²) in [5.74, 6) is 3.41. The van der Waals surface area contributed by atoms with Crippen molar-refractivity contribution >= 4 is 23.5 Å². The van der Waals surface area contributed by atoms with Gasteiger partial charge >= 0.3 is 0 Å². The Labute approximate surface area is 219 Å². The van der Waals surface area contributed by atoms with E-state index in [1.165, 1.54) is 12.8 Å². The summed E-state index contributed by atoms with van der Waals surface area (Å²) in [5, 5.41) is 10.5. The fraction of sp³-hybridized carbons (Fsp3) is 0.704. The predicted molar refractivity (Wildman–Crippen MR) is 142 cm³/mol. The summed E-state index contributed by atoms with van der Waals surface area (Å²) in [6.45, 7) is 7.62. The van der Waals surface area contributed by atoms with Crippen molar-refractivity contribution in [2.75, 3.05) is 30.5 Å². The Kier molecular flexibility index (Phi) is 7.83. The van der Waals surface area contributed by atoms with E-state index in [0.717, 1.165) is 37.8 Å². The van der Waals surface area contributed by atoms with Crippen molar-refractivity contribution in [2.45, 2.75) is 96.4 Å². The van der Waals surface area contributed by atoms with E-state index < -0.39 is 0 Å². The standard InChI is InChI=1S/C27H41N7O3/c1-5-19-13-21(14-20(6-2)34(19)26(35)12-18-7-8-18)33(4)27-29-23(28-24-11-17(3)31-32-24)15-25(30-27)37-22-9-10-36-16-22/h11,15,18-22H,5-10,12-14,16H2,1-4H3,(H2,28,29,30,31,32)/t19-,20+,21-,22-/m0/s1. The second kappa shape index (κ2) is 11.2. The number of amides is 1. The number of carbonyl (C=O) groups is 1. The van der Waals surface area contributed by atoms with E-state index in [1.54, 1.807) is 0 Å². The zero-order chi connectivity index (χ0) is 25.9. The average molecular weight is 512 g/mol. The molecule has 3 fully saturated rings. The molecule has 4 atom stereocenters. The summed E-state index contributed by atoms with van der Waals surface area (Å²) in [7, 11) is 2.06. The molecule has 0 radical (unpaired) electrons. The number of rotatable bonds is 10. The van der Waals surface area contributed by atoms with Gasteiger partial charge in [0.2, 0.25) is 17.7 Å². The lowest BCUT2D eigenvalue weighted by Crippen LogP contribution is -2.56. The van der Waals surface area contributed by atoms with Crippen LogP contribution >= 0.6 is 0 Å². The van der Waals surface area contributed by atoms with Gasteiger partial charge in [0.15, 0.2) is 5.82 Å². The van der Waals surface area contributed by atoms with Gasteiger partial charge in [-0.15, -0.1) is 0 Å². The molecule has 4 heterocycles. The first-order chi connectivity index (χ1) is 17.9. The zero-order valence-corrected chi connectivity index (χ0v) is 22.6. The molecule has 0 unspecified atom stereocenters. The van der Waals surface area contributed by atoms with E-state index in [4.69, 9.17) is 19.4 Å². The summed E-state index contributed by atoms with van der Waals surface area (Å²) in [5.41, 5.74) is 0.965. The van der Waals surface area contributed by atoms with E-state index in [1.807, 2.05) is 19.1 Å². The van der Waals surface area contributed by atoms with Gasteiger partial charge in [0, 0.05) is 55.8 Å². The largest absolute Gasteiger partial charge is 0.472 e. The van der Waals surface area contributed by atoms with Crippen LogP contribution in [0.25, 0.3) is 0 Å². The average Bonchev–Trinajstić information content (AvgIpc) is 3.37. The molecular weight excluding hydrogens is 470 g/mol. The molecule has 2 aromatic rings. The molecule has 5 rings (SSSR count). The number of carbonyl (C=O) groups excluding carboxylic acids is 1. The molecule has 1 saturated carbocycles. The van der Waals surface area contributed by atoms with Crippen molar-refractivity contribution in [2.24, 2.45) is 5.92 Å². The van der Waals surface area contributed by atoms with E-state index in [9.17, 15) is 4.79 Å². The lowest BCUT2D eigenvalue weighted by molar-refractivity contribution is -0.139. The fourth-order valence-electron chi connectivity index (χ4n) is 5.62. The molecule has 2 N–H and O–H groups in total. The minimum Gasteiger partial charge on any atom is -0.472 e. The third kappa shape index (κ3) is 6.17. The maximum atomic E-state index is 13.2. The van der Waals surface area contributed by atoms with Crippen LogP contribution in [0.5, 0.6) is 5.88 Å². The number of aromatic nitrogens is 4. The molecule has 1 aliphatic carbocycles. The molecular formula is C27H41N7O3. The van der Waals surface area contributed by atoms with Crippen LogP contribution < -0.4 is 15.0 Å². The molecule has 0 aromatic carbocycles. The maximum Gasteiger partial charge on any atom is 0.230 e. The number of likely N-dealkylation sites (tertiary alicyclic amines) is 1. The van der Waals surface area contributed by atoms with Crippen LogP contribution in [-0.4, -0.2) is 75.5 Å². The van der Waals surface area contributed by atoms with E-state index in [2.05, 4.69) is 46.2 Å². The van der Waals surface area contributed by atoms with Gasteiger partial charge in [-0.3, -0.25) is 9.89 Å². The monoisotopic (exact) mass is 511 g/mol. The molecule has 37 heavy (non-hydrogen) atoms. The lowest BCUT2D eigenvalue weighted by Gasteiger charge is -2.47. The van der Waals surface area contributed by atoms with Crippen LogP contribution in [0.1, 0.15) is 70.9 Å². The molecule has 10 heteroatoms. The number of ether oxygens (including phenoxy) is 2. The first-order valence-corrected chi connectivity index (χ1v) is 13.9. The fourth-order valence-corrected chi connectivity index (χ4v) is 5.62. The highest BCUT2D eigenvalue weighted by Gasteiger charge is 2.40. The molecule has 1 amide bonds. The Morgan fingerprint density at radius 3 is 2.51 bits per heavy atom. The van der Waals surface area contributed by atoms with Crippen molar-refractivity contribution in [1.29, 1.82) is 0 Å². The number of hydrogen-bond donors (Lipinski definition) is 2. The zero-order valence-electron chi connectivity index (χ0n) is 22.6. The van der Waals surface area contributed by atoms with Crippen LogP contribution in [0.3, 0.4) is 0 Å². The number of piperidine rings is 1. The molecule has 3 aliphatic rings. The van der Waals surface area contributed by atoms with Crippen LogP contribution in [-0.2, 0) is 9.53 Å². The normalized spacial score (nSPS) is 25.8. The van der Waals surface area contributed by atoms with Gasteiger partial charge in [-0.2, -0.15) is 15.1 Å². The van der Waals surface area contributed by atoms with Crippen molar-refractivity contribution in [3.8, 4) is 5.88 Å². The summed E-state index contributed by atoms with van der Waals surface area (Å²) in [4.78, 5) is 27.3. The number of anilines is 3. The Balaban J connectivity index is 1.37. The first-order valence-electron chi connectivity index (χ1n) is 13.9. The lowest BCUT2D eigenvalue weighted by atomic mass is 9.87. The van der Waals surface area contributed by atoms with Gasteiger partial charge in [0.1, 0.15) is 11.9 Å². The Hall–Kier alpha value is -2.88. The molecule has 2 saturated heterocycles. The predicted octanol–water partition coefficient (Wildman–Crippen LogP) is 4.20. The third-order valence-corrected chi connectivity index (χ3v) is 7.96. The van der Waals surface area contributed by atoms with Crippen molar-refractivity contribution in [1.82, 2.24) is 25.1 Å². The van der Waals surface area contributed by atoms with Crippen LogP contribution in [0.2, 0.25) is 0 Å². The molecule has 202 valence electrons. The second-order valence-electron chi connectivity index (χ2n) is 10.9. The van der Waals surface area contributed by atoms with E-state index in [0.29, 0.717) is 54.9 Å². The molecule has 0 spiro atoms.